The van der Waals surface area contributed by atoms with Gasteiger partial charge in [0.25, 0.3) is 0 Å². The third kappa shape index (κ3) is 3.10. The van der Waals surface area contributed by atoms with Gasteiger partial charge in [0.05, 0.1) is 16.1 Å². The highest BCUT2D eigenvalue weighted by atomic mass is 79.9. The Kier molecular flexibility index (Phi) is 4.28. The lowest BCUT2D eigenvalue weighted by Crippen LogP contribution is -1.98. The summed E-state index contributed by atoms with van der Waals surface area (Å²) in [6.45, 7) is 0. The number of aromatic carboxylic acids is 1. The molecule has 0 spiro atoms. The van der Waals surface area contributed by atoms with E-state index in [2.05, 4.69) is 27.3 Å². The molecule has 6 heteroatoms. The molecule has 0 aliphatic rings. The lowest BCUT2D eigenvalue weighted by Gasteiger charge is -2.09. The fraction of sp³-hybridized carbons (Fsp3) is 0. The van der Waals surface area contributed by atoms with Crippen molar-refractivity contribution in [1.29, 1.82) is 5.26 Å². The summed E-state index contributed by atoms with van der Waals surface area (Å²) >= 11 is 9.20. The molecule has 2 rings (SSSR count). The molecular weight excluding hydrogens is 344 g/mol. The number of carboxylic acid groups (broad SMARTS) is 1. The second-order valence-electron chi connectivity index (χ2n) is 3.93. The topological polar surface area (TPSA) is 73.1 Å². The van der Waals surface area contributed by atoms with E-state index in [1.165, 1.54) is 12.1 Å². The zero-order chi connectivity index (χ0) is 14.7. The standard InChI is InChI=1S/C14H8BrClN2O2/c15-12-5-9(2-1-8(12)7-17)18-10-3-4-11(14(19)20)13(16)6-10/h1-6,18H,(H,19,20). The largest absolute Gasteiger partial charge is 0.478 e. The first kappa shape index (κ1) is 14.4. The lowest BCUT2D eigenvalue weighted by molar-refractivity contribution is 0.0697. The second kappa shape index (κ2) is 5.95. The van der Waals surface area contributed by atoms with E-state index in [0.29, 0.717) is 15.7 Å². The highest BCUT2D eigenvalue weighted by Crippen LogP contribution is 2.26. The fourth-order valence-corrected chi connectivity index (χ4v) is 2.35. The summed E-state index contributed by atoms with van der Waals surface area (Å²) in [6, 6.07) is 11.8. The van der Waals surface area contributed by atoms with E-state index in [1.54, 1.807) is 24.3 Å². The molecule has 0 bridgehead atoms. The smallest absolute Gasteiger partial charge is 0.337 e. The van der Waals surface area contributed by atoms with Crippen LogP contribution in [0.3, 0.4) is 0 Å². The summed E-state index contributed by atoms with van der Waals surface area (Å²) in [7, 11) is 0. The van der Waals surface area contributed by atoms with Crippen LogP contribution in [0.2, 0.25) is 5.02 Å². The fourth-order valence-electron chi connectivity index (χ4n) is 1.62. The van der Waals surface area contributed by atoms with Gasteiger partial charge in [-0.3, -0.25) is 0 Å². The van der Waals surface area contributed by atoms with Crippen molar-refractivity contribution in [2.75, 3.05) is 5.32 Å². The van der Waals surface area contributed by atoms with Crippen molar-refractivity contribution >= 4 is 44.9 Å². The predicted molar refractivity (Wildman–Crippen MR) is 80.6 cm³/mol. The predicted octanol–water partition coefficient (Wildman–Crippen LogP) is 4.42. The zero-order valence-electron chi connectivity index (χ0n) is 10.0. The van der Waals surface area contributed by atoms with Gasteiger partial charge in [-0.2, -0.15) is 5.26 Å². The van der Waals surface area contributed by atoms with E-state index in [-0.39, 0.29) is 10.6 Å². The molecule has 0 heterocycles. The molecule has 0 unspecified atom stereocenters. The van der Waals surface area contributed by atoms with Gasteiger partial charge in [-0.05, 0) is 52.3 Å². The Morgan fingerprint density at radius 3 is 2.45 bits per heavy atom. The van der Waals surface area contributed by atoms with Crippen molar-refractivity contribution in [3.05, 3.63) is 57.0 Å². The van der Waals surface area contributed by atoms with E-state index in [1.807, 2.05) is 0 Å². The molecule has 0 saturated carbocycles. The number of carbonyl (C=O) groups is 1. The van der Waals surface area contributed by atoms with Gasteiger partial charge in [0.1, 0.15) is 6.07 Å². The molecule has 2 aromatic carbocycles. The molecule has 100 valence electrons. The minimum atomic E-state index is -1.07. The summed E-state index contributed by atoms with van der Waals surface area (Å²) < 4.78 is 0.679. The Hall–Kier alpha value is -2.03. The first-order valence-electron chi connectivity index (χ1n) is 5.51. The van der Waals surface area contributed by atoms with Crippen LogP contribution >= 0.6 is 27.5 Å². The first-order valence-corrected chi connectivity index (χ1v) is 6.68. The summed E-state index contributed by atoms with van der Waals surface area (Å²) in [5.74, 6) is -1.07. The monoisotopic (exact) mass is 350 g/mol. The first-order chi connectivity index (χ1) is 9.51. The number of nitrogens with zero attached hydrogens (tertiary/aromatic N) is 1. The van der Waals surface area contributed by atoms with Gasteiger partial charge < -0.3 is 10.4 Å². The summed E-state index contributed by atoms with van der Waals surface area (Å²) in [5, 5.41) is 21.0. The van der Waals surface area contributed by atoms with Crippen molar-refractivity contribution in [3.63, 3.8) is 0 Å². The van der Waals surface area contributed by atoms with Crippen LogP contribution in [-0.4, -0.2) is 11.1 Å². The van der Waals surface area contributed by atoms with Crippen LogP contribution in [0, 0.1) is 11.3 Å². The number of nitrogens with one attached hydrogen (secondary N) is 1. The maximum atomic E-state index is 10.9. The van der Waals surface area contributed by atoms with Gasteiger partial charge in [0, 0.05) is 15.8 Å². The maximum absolute atomic E-state index is 10.9. The quantitative estimate of drug-likeness (QED) is 0.858. The molecule has 20 heavy (non-hydrogen) atoms. The number of nitriles is 1. The van der Waals surface area contributed by atoms with Crippen LogP contribution in [0.5, 0.6) is 0 Å². The molecule has 0 atom stereocenters. The summed E-state index contributed by atoms with van der Waals surface area (Å²) in [5.41, 5.74) is 2.01. The Bertz CT molecular complexity index is 726. The molecule has 0 aromatic heterocycles. The van der Waals surface area contributed by atoms with Gasteiger partial charge in [-0.15, -0.1) is 0 Å². The summed E-state index contributed by atoms with van der Waals surface area (Å²) in [6.07, 6.45) is 0. The minimum absolute atomic E-state index is 0.0539. The number of halogens is 2. The van der Waals surface area contributed by atoms with Crippen molar-refractivity contribution in [2.24, 2.45) is 0 Å². The molecule has 0 aliphatic carbocycles. The van der Waals surface area contributed by atoms with Crippen molar-refractivity contribution < 1.29 is 9.90 Å². The maximum Gasteiger partial charge on any atom is 0.337 e. The van der Waals surface area contributed by atoms with Crippen molar-refractivity contribution in [1.82, 2.24) is 0 Å². The number of hydrogen-bond donors (Lipinski definition) is 2. The summed E-state index contributed by atoms with van der Waals surface area (Å²) in [4.78, 5) is 10.9. The van der Waals surface area contributed by atoms with Crippen molar-refractivity contribution in [3.8, 4) is 6.07 Å². The molecular formula is C14H8BrClN2O2. The Balaban J connectivity index is 2.27. The molecule has 0 saturated heterocycles. The van der Waals surface area contributed by atoms with Gasteiger partial charge in [0.15, 0.2) is 0 Å². The lowest BCUT2D eigenvalue weighted by atomic mass is 10.2. The third-order valence-corrected chi connectivity index (χ3v) is 3.55. The second-order valence-corrected chi connectivity index (χ2v) is 5.19. The van der Waals surface area contributed by atoms with E-state index in [0.717, 1.165) is 5.69 Å². The Labute approximate surface area is 128 Å². The van der Waals surface area contributed by atoms with E-state index < -0.39 is 5.97 Å². The molecule has 0 aliphatic heterocycles. The third-order valence-electron chi connectivity index (χ3n) is 2.58. The minimum Gasteiger partial charge on any atom is -0.478 e. The van der Waals surface area contributed by atoms with Crippen LogP contribution < -0.4 is 5.32 Å². The molecule has 2 N–H and O–H groups in total. The highest BCUT2D eigenvalue weighted by Gasteiger charge is 2.09. The van der Waals surface area contributed by atoms with Crippen LogP contribution in [0.25, 0.3) is 0 Å². The number of rotatable bonds is 3. The van der Waals surface area contributed by atoms with Gasteiger partial charge in [0.2, 0.25) is 0 Å². The van der Waals surface area contributed by atoms with Crippen LogP contribution in [0.4, 0.5) is 11.4 Å². The van der Waals surface area contributed by atoms with Gasteiger partial charge >= 0.3 is 5.97 Å². The number of benzene rings is 2. The van der Waals surface area contributed by atoms with Crippen LogP contribution in [-0.2, 0) is 0 Å². The van der Waals surface area contributed by atoms with Crippen LogP contribution in [0.1, 0.15) is 15.9 Å². The van der Waals surface area contributed by atoms with Crippen molar-refractivity contribution in [2.45, 2.75) is 0 Å². The van der Waals surface area contributed by atoms with Crippen LogP contribution in [0.15, 0.2) is 40.9 Å². The number of hydrogen-bond acceptors (Lipinski definition) is 3. The van der Waals surface area contributed by atoms with Gasteiger partial charge in [-0.25, -0.2) is 4.79 Å². The molecule has 0 radical (unpaired) electrons. The number of anilines is 2. The van der Waals surface area contributed by atoms with Gasteiger partial charge in [-0.1, -0.05) is 11.6 Å². The van der Waals surface area contributed by atoms with E-state index in [4.69, 9.17) is 22.0 Å². The molecule has 0 amide bonds. The normalized spacial score (nSPS) is 9.85. The van der Waals surface area contributed by atoms with E-state index >= 15 is 0 Å². The average molecular weight is 352 g/mol. The SMILES string of the molecule is N#Cc1ccc(Nc2ccc(C(=O)O)c(Cl)c2)cc1Br. The van der Waals surface area contributed by atoms with E-state index in [9.17, 15) is 4.79 Å². The average Bonchev–Trinajstić information content (AvgIpc) is 2.38. The highest BCUT2D eigenvalue weighted by molar-refractivity contribution is 9.10. The molecule has 4 nitrogen and oxygen atoms in total. The molecule has 2 aromatic rings. The Morgan fingerprint density at radius 1 is 1.25 bits per heavy atom. The zero-order valence-corrected chi connectivity index (χ0v) is 12.4. The Morgan fingerprint density at radius 2 is 1.90 bits per heavy atom. The number of carboxylic acids is 1. The molecule has 0 fully saturated rings.